The van der Waals surface area contributed by atoms with Gasteiger partial charge in [0, 0.05) is 11.8 Å². The summed E-state index contributed by atoms with van der Waals surface area (Å²) < 4.78 is 0. The molecule has 0 aliphatic heterocycles. The third-order valence-electron chi connectivity index (χ3n) is 2.02. The summed E-state index contributed by atoms with van der Waals surface area (Å²) in [5, 5.41) is 3.17. The van der Waals surface area contributed by atoms with E-state index in [4.69, 9.17) is 0 Å². The van der Waals surface area contributed by atoms with Gasteiger partial charge in [0.05, 0.1) is 5.69 Å². The maximum absolute atomic E-state index is 11.5. The first-order valence-electron chi connectivity index (χ1n) is 4.40. The fourth-order valence-corrected chi connectivity index (χ4v) is 2.14. The van der Waals surface area contributed by atoms with E-state index in [0.29, 0.717) is 6.42 Å². The summed E-state index contributed by atoms with van der Waals surface area (Å²) in [5.41, 5.74) is 0.753. The van der Waals surface area contributed by atoms with Gasteiger partial charge in [-0.2, -0.15) is 0 Å². The van der Waals surface area contributed by atoms with Crippen molar-refractivity contribution in [2.45, 2.75) is 19.8 Å². The molecule has 2 rings (SSSR count). The van der Waals surface area contributed by atoms with E-state index in [-0.39, 0.29) is 5.78 Å². The fourth-order valence-electron chi connectivity index (χ4n) is 1.36. The van der Waals surface area contributed by atoms with Crippen LogP contribution in [-0.4, -0.2) is 10.8 Å². The van der Waals surface area contributed by atoms with E-state index in [1.807, 2.05) is 24.4 Å². The number of nitrogens with one attached hydrogen (secondary N) is 1. The average molecular weight is 193 g/mol. The third kappa shape index (κ3) is 1.52. The summed E-state index contributed by atoms with van der Waals surface area (Å²) >= 11 is 1.64. The van der Waals surface area contributed by atoms with Crippen LogP contribution in [0, 0.1) is 0 Å². The van der Waals surface area contributed by atoms with Gasteiger partial charge in [-0.05, 0) is 23.9 Å². The van der Waals surface area contributed by atoms with Crippen LogP contribution in [-0.2, 0) is 0 Å². The van der Waals surface area contributed by atoms with E-state index in [1.54, 1.807) is 11.3 Å². The van der Waals surface area contributed by atoms with Crippen LogP contribution < -0.4 is 0 Å². The quantitative estimate of drug-likeness (QED) is 0.746. The number of H-pyrrole nitrogens is 1. The van der Waals surface area contributed by atoms with Crippen LogP contribution >= 0.6 is 11.3 Å². The van der Waals surface area contributed by atoms with Gasteiger partial charge >= 0.3 is 0 Å². The normalized spacial score (nSPS) is 10.8. The lowest BCUT2D eigenvalue weighted by Gasteiger charge is -1.92. The Morgan fingerprint density at radius 1 is 1.62 bits per heavy atom. The maximum atomic E-state index is 11.5. The Morgan fingerprint density at radius 3 is 3.15 bits per heavy atom. The number of carbonyl (C=O) groups excluding carboxylic acids is 1. The molecule has 68 valence electrons. The molecule has 0 aliphatic carbocycles. The zero-order chi connectivity index (χ0) is 9.26. The fraction of sp³-hybridized carbons (Fsp3) is 0.300. The van der Waals surface area contributed by atoms with Gasteiger partial charge in [0.25, 0.3) is 0 Å². The Hall–Kier alpha value is -1.09. The van der Waals surface area contributed by atoms with Gasteiger partial charge in [-0.3, -0.25) is 4.79 Å². The average Bonchev–Trinajstić information content (AvgIpc) is 2.61. The van der Waals surface area contributed by atoms with Gasteiger partial charge in [-0.25, -0.2) is 0 Å². The molecule has 3 heteroatoms. The van der Waals surface area contributed by atoms with Crippen LogP contribution in [0.5, 0.6) is 0 Å². The Labute approximate surface area is 80.6 Å². The minimum absolute atomic E-state index is 0.214. The SMILES string of the molecule is CCCC(=O)c1cc2ccsc2[nH]1. The minimum atomic E-state index is 0.214. The summed E-state index contributed by atoms with van der Waals surface area (Å²) in [6.07, 6.45) is 1.54. The number of carbonyl (C=O) groups is 1. The highest BCUT2D eigenvalue weighted by atomic mass is 32.1. The topological polar surface area (TPSA) is 32.9 Å². The summed E-state index contributed by atoms with van der Waals surface area (Å²) in [4.78, 5) is 15.7. The highest BCUT2D eigenvalue weighted by molar-refractivity contribution is 7.16. The zero-order valence-corrected chi connectivity index (χ0v) is 8.28. The number of hydrogen-bond donors (Lipinski definition) is 1. The van der Waals surface area contributed by atoms with E-state index >= 15 is 0 Å². The number of Topliss-reactive ketones (excluding diaryl/α,β-unsaturated/α-hetero) is 1. The van der Waals surface area contributed by atoms with Crippen molar-refractivity contribution in [1.29, 1.82) is 0 Å². The van der Waals surface area contributed by atoms with Crippen molar-refractivity contribution in [3.63, 3.8) is 0 Å². The van der Waals surface area contributed by atoms with Crippen molar-refractivity contribution in [2.75, 3.05) is 0 Å². The molecule has 0 aromatic carbocycles. The summed E-state index contributed by atoms with van der Waals surface area (Å²) in [6, 6.07) is 3.96. The first-order chi connectivity index (χ1) is 6.31. The molecular weight excluding hydrogens is 182 g/mol. The van der Waals surface area contributed by atoms with Gasteiger partial charge in [0.2, 0.25) is 0 Å². The molecule has 0 spiro atoms. The molecule has 0 saturated heterocycles. The molecule has 1 N–H and O–H groups in total. The van der Waals surface area contributed by atoms with E-state index in [1.165, 1.54) is 0 Å². The highest BCUT2D eigenvalue weighted by Crippen LogP contribution is 2.21. The van der Waals surface area contributed by atoms with Crippen molar-refractivity contribution in [3.8, 4) is 0 Å². The molecule has 0 bridgehead atoms. The van der Waals surface area contributed by atoms with Gasteiger partial charge in [-0.15, -0.1) is 11.3 Å². The van der Waals surface area contributed by atoms with Gasteiger partial charge < -0.3 is 4.98 Å². The molecular formula is C10H11NOS. The Morgan fingerprint density at radius 2 is 2.46 bits per heavy atom. The van der Waals surface area contributed by atoms with Crippen molar-refractivity contribution in [1.82, 2.24) is 4.98 Å². The molecule has 0 unspecified atom stereocenters. The van der Waals surface area contributed by atoms with Gasteiger partial charge in [-0.1, -0.05) is 6.92 Å². The molecule has 0 radical (unpaired) electrons. The Bertz CT molecular complexity index is 398. The molecule has 0 atom stereocenters. The Balaban J connectivity index is 2.34. The monoisotopic (exact) mass is 193 g/mol. The standard InChI is InChI=1S/C10H11NOS/c1-2-3-9(12)8-6-7-4-5-13-10(7)11-8/h4-6,11H,2-3H2,1H3. The summed E-state index contributed by atoms with van der Waals surface area (Å²) in [6.45, 7) is 2.02. The number of rotatable bonds is 3. The van der Waals surface area contributed by atoms with Crippen LogP contribution in [0.1, 0.15) is 30.3 Å². The third-order valence-corrected chi connectivity index (χ3v) is 2.87. The molecule has 0 saturated carbocycles. The zero-order valence-electron chi connectivity index (χ0n) is 7.46. The van der Waals surface area contributed by atoms with Crippen molar-refractivity contribution >= 4 is 27.3 Å². The summed E-state index contributed by atoms with van der Waals surface area (Å²) in [7, 11) is 0. The molecule has 2 aromatic heterocycles. The van der Waals surface area contributed by atoms with Gasteiger partial charge in [0.15, 0.2) is 5.78 Å². The second-order valence-electron chi connectivity index (χ2n) is 3.06. The van der Waals surface area contributed by atoms with Crippen LogP contribution in [0.4, 0.5) is 0 Å². The predicted molar refractivity (Wildman–Crippen MR) is 55.4 cm³/mol. The van der Waals surface area contributed by atoms with Crippen LogP contribution in [0.2, 0.25) is 0 Å². The number of fused-ring (bicyclic) bond motifs is 1. The second kappa shape index (κ2) is 3.34. The Kier molecular flexibility index (Phi) is 2.19. The van der Waals surface area contributed by atoms with E-state index in [0.717, 1.165) is 22.3 Å². The van der Waals surface area contributed by atoms with Crippen LogP contribution in [0.25, 0.3) is 10.2 Å². The second-order valence-corrected chi connectivity index (χ2v) is 3.98. The highest BCUT2D eigenvalue weighted by Gasteiger charge is 2.08. The van der Waals surface area contributed by atoms with Crippen molar-refractivity contribution in [2.24, 2.45) is 0 Å². The van der Waals surface area contributed by atoms with Crippen LogP contribution in [0.15, 0.2) is 17.5 Å². The number of aromatic nitrogens is 1. The molecule has 13 heavy (non-hydrogen) atoms. The molecule has 0 fully saturated rings. The van der Waals surface area contributed by atoms with E-state index in [9.17, 15) is 4.79 Å². The number of thiophene rings is 1. The maximum Gasteiger partial charge on any atom is 0.179 e. The van der Waals surface area contributed by atoms with Gasteiger partial charge in [0.1, 0.15) is 4.83 Å². The van der Waals surface area contributed by atoms with E-state index < -0.39 is 0 Å². The number of hydrogen-bond acceptors (Lipinski definition) is 2. The molecule has 2 aromatic rings. The minimum Gasteiger partial charge on any atom is -0.344 e. The molecule has 2 nitrogen and oxygen atoms in total. The van der Waals surface area contributed by atoms with E-state index in [2.05, 4.69) is 4.98 Å². The summed E-state index contributed by atoms with van der Waals surface area (Å²) in [5.74, 6) is 0.214. The first-order valence-corrected chi connectivity index (χ1v) is 5.28. The largest absolute Gasteiger partial charge is 0.344 e. The number of aromatic amines is 1. The predicted octanol–water partition coefficient (Wildman–Crippen LogP) is 3.21. The molecule has 2 heterocycles. The lowest BCUT2D eigenvalue weighted by molar-refractivity contribution is 0.0978. The van der Waals surface area contributed by atoms with Crippen LogP contribution in [0.3, 0.4) is 0 Å². The lowest BCUT2D eigenvalue weighted by Crippen LogP contribution is -1.97. The first kappa shape index (κ1) is 8.51. The number of ketones is 1. The molecule has 0 aliphatic rings. The van der Waals surface area contributed by atoms with Crippen molar-refractivity contribution in [3.05, 3.63) is 23.2 Å². The lowest BCUT2D eigenvalue weighted by atomic mass is 10.2. The smallest absolute Gasteiger partial charge is 0.179 e. The molecule has 0 amide bonds. The van der Waals surface area contributed by atoms with Crippen molar-refractivity contribution < 1.29 is 4.79 Å².